The van der Waals surface area contributed by atoms with E-state index in [2.05, 4.69) is 5.10 Å². The van der Waals surface area contributed by atoms with E-state index >= 15 is 0 Å². The maximum atomic E-state index is 11.2. The number of hydrazone groups is 1. The van der Waals surface area contributed by atoms with Gasteiger partial charge < -0.3 is 0 Å². The molecule has 14 heavy (non-hydrogen) atoms. The molecule has 0 saturated carbocycles. The van der Waals surface area contributed by atoms with Crippen LogP contribution in [0.3, 0.4) is 0 Å². The lowest BCUT2D eigenvalue weighted by Crippen LogP contribution is -2.18. The number of carbonyl (C=O) groups is 1. The molecule has 1 aromatic rings. The summed E-state index contributed by atoms with van der Waals surface area (Å²) in [6.45, 7) is 2.89. The van der Waals surface area contributed by atoms with Gasteiger partial charge in [-0.25, -0.2) is 0 Å². The Balaban J connectivity index is 2.04. The van der Waals surface area contributed by atoms with Gasteiger partial charge in [-0.05, 0) is 12.5 Å². The van der Waals surface area contributed by atoms with Gasteiger partial charge in [0.15, 0.2) is 5.78 Å². The van der Waals surface area contributed by atoms with Gasteiger partial charge in [0.05, 0.1) is 6.54 Å². The van der Waals surface area contributed by atoms with Gasteiger partial charge in [-0.2, -0.15) is 5.10 Å². The fourth-order valence-electron chi connectivity index (χ4n) is 1.47. The third-order valence-electron chi connectivity index (χ3n) is 2.23. The van der Waals surface area contributed by atoms with Crippen molar-refractivity contribution in [1.82, 2.24) is 5.01 Å². The van der Waals surface area contributed by atoms with Crippen LogP contribution in [-0.2, 0) is 11.3 Å². The first-order valence-corrected chi connectivity index (χ1v) is 4.63. The smallest absolute Gasteiger partial charge is 0.199 e. The lowest BCUT2D eigenvalue weighted by atomic mass is 10.2. The number of nitrogens with zero attached hydrogens (tertiary/aromatic N) is 2. The average molecular weight is 188 g/mol. The molecule has 0 radical (unpaired) electrons. The standard InChI is InChI=1S/C11H12N2O/c1-9-11(14)8-13(12-9)7-10-5-3-2-4-6-10/h2-6H,7-8H2,1H3. The van der Waals surface area contributed by atoms with Crippen molar-refractivity contribution in [2.45, 2.75) is 13.5 Å². The molecule has 2 rings (SSSR count). The zero-order valence-electron chi connectivity index (χ0n) is 8.10. The van der Waals surface area contributed by atoms with Gasteiger partial charge in [-0.15, -0.1) is 0 Å². The zero-order valence-corrected chi connectivity index (χ0v) is 8.10. The molecule has 1 aromatic carbocycles. The van der Waals surface area contributed by atoms with Gasteiger partial charge in [0.1, 0.15) is 12.3 Å². The molecule has 0 N–H and O–H groups in total. The second kappa shape index (κ2) is 3.62. The maximum Gasteiger partial charge on any atom is 0.199 e. The van der Waals surface area contributed by atoms with Gasteiger partial charge in [0.25, 0.3) is 0 Å². The summed E-state index contributed by atoms with van der Waals surface area (Å²) >= 11 is 0. The van der Waals surface area contributed by atoms with Crippen LogP contribution in [0.5, 0.6) is 0 Å². The molecular weight excluding hydrogens is 176 g/mol. The quantitative estimate of drug-likeness (QED) is 0.703. The highest BCUT2D eigenvalue weighted by Gasteiger charge is 2.19. The largest absolute Gasteiger partial charge is 0.291 e. The Labute approximate surface area is 83.0 Å². The van der Waals surface area contributed by atoms with Crippen molar-refractivity contribution in [2.24, 2.45) is 5.10 Å². The Bertz CT molecular complexity index is 370. The summed E-state index contributed by atoms with van der Waals surface area (Å²) in [7, 11) is 0. The number of hydrogen-bond acceptors (Lipinski definition) is 3. The molecule has 0 saturated heterocycles. The molecule has 0 bridgehead atoms. The normalized spacial score (nSPS) is 15.9. The molecule has 0 atom stereocenters. The van der Waals surface area contributed by atoms with Crippen molar-refractivity contribution in [3.05, 3.63) is 35.9 Å². The first kappa shape index (κ1) is 8.94. The van der Waals surface area contributed by atoms with E-state index in [9.17, 15) is 4.79 Å². The Morgan fingerprint density at radius 2 is 2.07 bits per heavy atom. The summed E-state index contributed by atoms with van der Waals surface area (Å²) in [6.07, 6.45) is 0. The van der Waals surface area contributed by atoms with E-state index in [4.69, 9.17) is 0 Å². The van der Waals surface area contributed by atoms with Crippen LogP contribution in [0.4, 0.5) is 0 Å². The minimum atomic E-state index is 0.126. The van der Waals surface area contributed by atoms with Gasteiger partial charge in [-0.1, -0.05) is 30.3 Å². The van der Waals surface area contributed by atoms with Crippen LogP contribution in [0.2, 0.25) is 0 Å². The van der Waals surface area contributed by atoms with E-state index < -0.39 is 0 Å². The molecule has 1 heterocycles. The number of rotatable bonds is 2. The van der Waals surface area contributed by atoms with Crippen LogP contribution in [0, 0.1) is 0 Å². The highest BCUT2D eigenvalue weighted by Crippen LogP contribution is 2.09. The zero-order chi connectivity index (χ0) is 9.97. The molecule has 0 unspecified atom stereocenters. The predicted molar refractivity (Wildman–Crippen MR) is 55.0 cm³/mol. The molecule has 72 valence electrons. The number of carbonyl (C=O) groups excluding carboxylic acids is 1. The lowest BCUT2D eigenvalue weighted by Gasteiger charge is -2.11. The topological polar surface area (TPSA) is 32.7 Å². The highest BCUT2D eigenvalue weighted by atomic mass is 16.1. The first-order valence-electron chi connectivity index (χ1n) is 4.63. The summed E-state index contributed by atoms with van der Waals surface area (Å²) in [4.78, 5) is 11.2. The number of ketones is 1. The summed E-state index contributed by atoms with van der Waals surface area (Å²) in [5, 5.41) is 5.96. The second-order valence-electron chi connectivity index (χ2n) is 3.42. The number of hydrogen-bond donors (Lipinski definition) is 0. The lowest BCUT2D eigenvalue weighted by molar-refractivity contribution is -0.112. The minimum absolute atomic E-state index is 0.126. The highest BCUT2D eigenvalue weighted by molar-refractivity contribution is 6.40. The van der Waals surface area contributed by atoms with Crippen molar-refractivity contribution in [3.8, 4) is 0 Å². The van der Waals surface area contributed by atoms with Crippen molar-refractivity contribution < 1.29 is 4.79 Å². The molecule has 0 fully saturated rings. The Morgan fingerprint density at radius 1 is 1.36 bits per heavy atom. The molecule has 1 aliphatic heterocycles. The van der Waals surface area contributed by atoms with Crippen LogP contribution >= 0.6 is 0 Å². The fraction of sp³-hybridized carbons (Fsp3) is 0.273. The van der Waals surface area contributed by atoms with Crippen LogP contribution in [0.1, 0.15) is 12.5 Å². The van der Waals surface area contributed by atoms with Gasteiger partial charge in [0.2, 0.25) is 0 Å². The molecule has 0 spiro atoms. The first-order chi connectivity index (χ1) is 6.75. The van der Waals surface area contributed by atoms with E-state index in [-0.39, 0.29) is 5.78 Å². The van der Waals surface area contributed by atoms with Crippen LogP contribution < -0.4 is 0 Å². The third-order valence-corrected chi connectivity index (χ3v) is 2.23. The van der Waals surface area contributed by atoms with Crippen molar-refractivity contribution >= 4 is 11.5 Å². The Hall–Kier alpha value is -1.64. The Morgan fingerprint density at radius 3 is 2.64 bits per heavy atom. The molecule has 0 amide bonds. The van der Waals surface area contributed by atoms with E-state index in [0.717, 1.165) is 0 Å². The second-order valence-corrected chi connectivity index (χ2v) is 3.42. The van der Waals surface area contributed by atoms with Gasteiger partial charge in [-0.3, -0.25) is 9.80 Å². The summed E-state index contributed by atoms with van der Waals surface area (Å²) in [5.41, 5.74) is 1.79. The number of benzene rings is 1. The molecule has 3 heteroatoms. The van der Waals surface area contributed by atoms with Crippen molar-refractivity contribution in [3.63, 3.8) is 0 Å². The third kappa shape index (κ3) is 1.82. The SMILES string of the molecule is CC1=NN(Cc2ccccc2)CC1=O. The molecule has 0 aliphatic carbocycles. The fourth-order valence-corrected chi connectivity index (χ4v) is 1.47. The monoisotopic (exact) mass is 188 g/mol. The summed E-state index contributed by atoms with van der Waals surface area (Å²) in [6, 6.07) is 10.0. The minimum Gasteiger partial charge on any atom is -0.291 e. The van der Waals surface area contributed by atoms with E-state index in [1.165, 1.54) is 5.56 Å². The molecule has 3 nitrogen and oxygen atoms in total. The van der Waals surface area contributed by atoms with Crippen LogP contribution in [0.25, 0.3) is 0 Å². The molecule has 1 aliphatic rings. The van der Waals surface area contributed by atoms with Crippen molar-refractivity contribution in [1.29, 1.82) is 0 Å². The summed E-state index contributed by atoms with van der Waals surface area (Å²) in [5.74, 6) is 0.126. The van der Waals surface area contributed by atoms with Crippen LogP contribution in [-0.4, -0.2) is 23.0 Å². The average Bonchev–Trinajstić information content (AvgIpc) is 2.47. The van der Waals surface area contributed by atoms with E-state index in [1.807, 2.05) is 30.3 Å². The van der Waals surface area contributed by atoms with E-state index in [1.54, 1.807) is 11.9 Å². The molecular formula is C11H12N2O. The number of Topliss-reactive ketones (excluding diaryl/α,β-unsaturated/α-hetero) is 1. The summed E-state index contributed by atoms with van der Waals surface area (Å²) < 4.78 is 0. The maximum absolute atomic E-state index is 11.2. The predicted octanol–water partition coefficient (Wildman–Crippen LogP) is 1.45. The molecule has 0 aromatic heterocycles. The van der Waals surface area contributed by atoms with Crippen molar-refractivity contribution in [2.75, 3.05) is 6.54 Å². The van der Waals surface area contributed by atoms with Gasteiger partial charge >= 0.3 is 0 Å². The van der Waals surface area contributed by atoms with Gasteiger partial charge in [0, 0.05) is 0 Å². The van der Waals surface area contributed by atoms with E-state index in [0.29, 0.717) is 18.8 Å². The van der Waals surface area contributed by atoms with Crippen LogP contribution in [0.15, 0.2) is 35.4 Å². The Kier molecular flexibility index (Phi) is 2.31.